The molecule has 1 atom stereocenters. The molecule has 3 heteroatoms. The second-order valence-electron chi connectivity index (χ2n) is 4.26. The van der Waals surface area contributed by atoms with Crippen molar-refractivity contribution in [2.24, 2.45) is 0 Å². The van der Waals surface area contributed by atoms with Crippen molar-refractivity contribution in [1.29, 1.82) is 0 Å². The van der Waals surface area contributed by atoms with E-state index in [0.717, 1.165) is 12.2 Å². The fourth-order valence-electron chi connectivity index (χ4n) is 2.00. The lowest BCUT2D eigenvalue weighted by molar-refractivity contribution is 0.414. The highest BCUT2D eigenvalue weighted by atomic mass is 79.9. The molecule has 2 aromatic carbocycles. The molecule has 0 aromatic heterocycles. The van der Waals surface area contributed by atoms with Crippen molar-refractivity contribution in [2.75, 3.05) is 13.4 Å². The summed E-state index contributed by atoms with van der Waals surface area (Å²) in [6, 6.07) is 16.8. The van der Waals surface area contributed by atoms with Crippen LogP contribution in [0.3, 0.4) is 0 Å². The molecule has 1 unspecified atom stereocenters. The fourth-order valence-corrected chi connectivity index (χ4v) is 3.59. The molecular weight excluding hydrogens is 320 g/mol. The first-order valence-corrected chi connectivity index (χ1v) is 8.28. The van der Waals surface area contributed by atoms with Crippen molar-refractivity contribution in [3.05, 3.63) is 59.7 Å². The van der Waals surface area contributed by atoms with Gasteiger partial charge in [-0.1, -0.05) is 46.3 Å². The lowest BCUT2D eigenvalue weighted by Gasteiger charge is -2.14. The Morgan fingerprint density at radius 3 is 2.42 bits per heavy atom. The van der Waals surface area contributed by atoms with Crippen molar-refractivity contribution in [2.45, 2.75) is 16.1 Å². The van der Waals surface area contributed by atoms with Crippen LogP contribution in [0, 0.1) is 0 Å². The largest absolute Gasteiger partial charge is 0.497 e. The van der Waals surface area contributed by atoms with Gasteiger partial charge in [0.2, 0.25) is 0 Å². The fraction of sp³-hybridized carbons (Fsp3) is 0.250. The van der Waals surface area contributed by atoms with E-state index in [1.165, 1.54) is 16.0 Å². The van der Waals surface area contributed by atoms with Crippen LogP contribution in [0.4, 0.5) is 0 Å². The average molecular weight is 337 g/mol. The predicted molar refractivity (Wildman–Crippen MR) is 86.6 cm³/mol. The molecule has 19 heavy (non-hydrogen) atoms. The van der Waals surface area contributed by atoms with Gasteiger partial charge in [-0.25, -0.2) is 0 Å². The number of benzene rings is 2. The molecule has 0 spiro atoms. The van der Waals surface area contributed by atoms with Crippen LogP contribution >= 0.6 is 27.7 Å². The molecule has 0 fully saturated rings. The van der Waals surface area contributed by atoms with Gasteiger partial charge in [0.05, 0.1) is 7.11 Å². The second kappa shape index (κ2) is 7.01. The number of thioether (sulfide) groups is 1. The van der Waals surface area contributed by atoms with Gasteiger partial charge in [-0.15, -0.1) is 11.8 Å². The molecular formula is C16H17BrOS. The minimum Gasteiger partial charge on any atom is -0.497 e. The van der Waals surface area contributed by atoms with Crippen LogP contribution in [0.15, 0.2) is 53.4 Å². The van der Waals surface area contributed by atoms with Gasteiger partial charge < -0.3 is 4.74 Å². The van der Waals surface area contributed by atoms with Crippen molar-refractivity contribution >= 4 is 27.7 Å². The first-order valence-electron chi connectivity index (χ1n) is 6.14. The standard InChI is InChI=1S/C16H17BrOS/c1-18-13-9-7-12(8-10-13)11-15(17)14-5-3-4-6-16(14)19-2/h3-10,15H,11H2,1-2H3. The maximum atomic E-state index is 5.18. The Morgan fingerprint density at radius 1 is 1.11 bits per heavy atom. The Balaban J connectivity index is 2.13. The molecule has 0 aliphatic rings. The molecule has 2 aromatic rings. The van der Waals surface area contributed by atoms with Crippen LogP contribution < -0.4 is 4.74 Å². The van der Waals surface area contributed by atoms with Gasteiger partial charge in [-0.2, -0.15) is 0 Å². The van der Waals surface area contributed by atoms with Crippen molar-refractivity contribution < 1.29 is 4.74 Å². The highest BCUT2D eigenvalue weighted by molar-refractivity contribution is 9.09. The number of methoxy groups -OCH3 is 1. The van der Waals surface area contributed by atoms with E-state index < -0.39 is 0 Å². The number of hydrogen-bond donors (Lipinski definition) is 0. The Morgan fingerprint density at radius 2 is 1.79 bits per heavy atom. The summed E-state index contributed by atoms with van der Waals surface area (Å²) in [6.07, 6.45) is 3.09. The third-order valence-electron chi connectivity index (χ3n) is 3.05. The van der Waals surface area contributed by atoms with Gasteiger partial charge in [-0.3, -0.25) is 0 Å². The van der Waals surface area contributed by atoms with Gasteiger partial charge in [0.25, 0.3) is 0 Å². The van der Waals surface area contributed by atoms with Crippen molar-refractivity contribution in [3.63, 3.8) is 0 Å². The summed E-state index contributed by atoms with van der Waals surface area (Å²) in [5.74, 6) is 0.902. The average Bonchev–Trinajstić information content (AvgIpc) is 2.48. The maximum absolute atomic E-state index is 5.18. The summed E-state index contributed by atoms with van der Waals surface area (Å²) < 4.78 is 5.18. The molecule has 0 amide bonds. The smallest absolute Gasteiger partial charge is 0.118 e. The highest BCUT2D eigenvalue weighted by Gasteiger charge is 2.12. The number of halogens is 1. The Kier molecular flexibility index (Phi) is 5.34. The van der Waals surface area contributed by atoms with E-state index in [1.54, 1.807) is 18.9 Å². The quantitative estimate of drug-likeness (QED) is 0.555. The van der Waals surface area contributed by atoms with E-state index in [2.05, 4.69) is 58.6 Å². The molecule has 0 bridgehead atoms. The minimum atomic E-state index is 0.338. The summed E-state index contributed by atoms with van der Waals surface area (Å²) in [5, 5.41) is 0. The molecule has 0 heterocycles. The van der Waals surface area contributed by atoms with Crippen LogP contribution in [0.25, 0.3) is 0 Å². The normalized spacial score (nSPS) is 12.2. The molecule has 0 aliphatic carbocycles. The van der Waals surface area contributed by atoms with Crippen LogP contribution in [0.2, 0.25) is 0 Å². The molecule has 1 nitrogen and oxygen atoms in total. The van der Waals surface area contributed by atoms with Crippen molar-refractivity contribution in [3.8, 4) is 5.75 Å². The van der Waals surface area contributed by atoms with Gasteiger partial charge in [-0.05, 0) is 42.0 Å². The van der Waals surface area contributed by atoms with E-state index in [9.17, 15) is 0 Å². The summed E-state index contributed by atoms with van der Waals surface area (Å²) in [4.78, 5) is 1.67. The van der Waals surface area contributed by atoms with E-state index >= 15 is 0 Å². The number of rotatable bonds is 5. The van der Waals surface area contributed by atoms with Gasteiger partial charge >= 0.3 is 0 Å². The first-order chi connectivity index (χ1) is 9.24. The number of alkyl halides is 1. The number of hydrogen-bond acceptors (Lipinski definition) is 2. The maximum Gasteiger partial charge on any atom is 0.118 e. The summed E-state index contributed by atoms with van der Waals surface area (Å²) in [7, 11) is 1.69. The molecule has 100 valence electrons. The third-order valence-corrected chi connectivity index (χ3v) is 4.68. The van der Waals surface area contributed by atoms with E-state index in [4.69, 9.17) is 4.74 Å². The minimum absolute atomic E-state index is 0.338. The molecule has 0 saturated carbocycles. The van der Waals surface area contributed by atoms with Gasteiger partial charge in [0.15, 0.2) is 0 Å². The van der Waals surface area contributed by atoms with E-state index in [0.29, 0.717) is 4.83 Å². The van der Waals surface area contributed by atoms with E-state index in [1.807, 2.05) is 12.1 Å². The topological polar surface area (TPSA) is 9.23 Å². The summed E-state index contributed by atoms with van der Waals surface area (Å²) >= 11 is 5.60. The highest BCUT2D eigenvalue weighted by Crippen LogP contribution is 2.33. The molecule has 0 N–H and O–H groups in total. The SMILES string of the molecule is COc1ccc(CC(Br)c2ccccc2SC)cc1. The second-order valence-corrected chi connectivity index (χ2v) is 6.22. The Bertz CT molecular complexity index is 525. The zero-order chi connectivity index (χ0) is 13.7. The summed E-state index contributed by atoms with van der Waals surface area (Å²) in [5.41, 5.74) is 2.66. The molecule has 2 rings (SSSR count). The van der Waals surface area contributed by atoms with Crippen LogP contribution in [0.5, 0.6) is 5.75 Å². The number of ether oxygens (including phenoxy) is 1. The third kappa shape index (κ3) is 3.77. The first kappa shape index (κ1) is 14.5. The monoisotopic (exact) mass is 336 g/mol. The zero-order valence-corrected chi connectivity index (χ0v) is 13.5. The molecule has 0 aliphatic heterocycles. The lowest BCUT2D eigenvalue weighted by Crippen LogP contribution is -1.97. The Hall–Kier alpha value is -0.930. The lowest BCUT2D eigenvalue weighted by atomic mass is 10.0. The van der Waals surface area contributed by atoms with E-state index in [-0.39, 0.29) is 0 Å². The molecule has 0 saturated heterocycles. The van der Waals surface area contributed by atoms with Crippen LogP contribution in [-0.4, -0.2) is 13.4 Å². The summed E-state index contributed by atoms with van der Waals surface area (Å²) in [6.45, 7) is 0. The Labute approximate surface area is 127 Å². The van der Waals surface area contributed by atoms with Crippen molar-refractivity contribution in [1.82, 2.24) is 0 Å². The van der Waals surface area contributed by atoms with Gasteiger partial charge in [0.1, 0.15) is 5.75 Å². The van der Waals surface area contributed by atoms with Gasteiger partial charge in [0, 0.05) is 9.72 Å². The van der Waals surface area contributed by atoms with Crippen LogP contribution in [-0.2, 0) is 6.42 Å². The zero-order valence-electron chi connectivity index (χ0n) is 11.1. The van der Waals surface area contributed by atoms with Crippen LogP contribution in [0.1, 0.15) is 16.0 Å². The predicted octanol–water partition coefficient (Wildman–Crippen LogP) is 5.10. The molecule has 0 radical (unpaired) electrons.